The lowest BCUT2D eigenvalue weighted by molar-refractivity contribution is 0.126. The van der Waals surface area contributed by atoms with Crippen molar-refractivity contribution in [2.24, 2.45) is 5.92 Å². The minimum absolute atomic E-state index is 0.436. The van der Waals surface area contributed by atoms with Gasteiger partial charge >= 0.3 is 0 Å². The Labute approximate surface area is 88.1 Å². The minimum atomic E-state index is 0.436. The van der Waals surface area contributed by atoms with E-state index in [-0.39, 0.29) is 0 Å². The predicted octanol–water partition coefficient (Wildman–Crippen LogP) is 1.86. The molecule has 2 nitrogen and oxygen atoms in total. The number of rotatable bonds is 4. The molecule has 2 fully saturated rings. The maximum Gasteiger partial charge on any atom is 0.0309 e. The summed E-state index contributed by atoms with van der Waals surface area (Å²) in [5.74, 6) is 0.965. The number of unbranched alkanes of at least 4 members (excludes halogenated alkanes) is 1. The van der Waals surface area contributed by atoms with Gasteiger partial charge in [0.05, 0.1) is 0 Å². The number of hydrogen-bond acceptors (Lipinski definition) is 2. The Morgan fingerprint density at radius 3 is 2.86 bits per heavy atom. The second-order valence-electron chi connectivity index (χ2n) is 5.25. The van der Waals surface area contributed by atoms with Crippen LogP contribution >= 0.6 is 0 Å². The lowest BCUT2D eigenvalue weighted by atomic mass is 9.93. The second-order valence-corrected chi connectivity index (χ2v) is 5.25. The summed E-state index contributed by atoms with van der Waals surface area (Å²) in [7, 11) is 0. The molecule has 1 saturated carbocycles. The molecule has 0 bridgehead atoms. The van der Waals surface area contributed by atoms with E-state index in [0.717, 1.165) is 5.92 Å². The Kier molecular flexibility index (Phi) is 3.13. The van der Waals surface area contributed by atoms with Gasteiger partial charge in [0, 0.05) is 25.2 Å². The van der Waals surface area contributed by atoms with Crippen LogP contribution < -0.4 is 5.32 Å². The molecule has 1 atom stereocenters. The molecule has 1 heterocycles. The van der Waals surface area contributed by atoms with Gasteiger partial charge in [0.1, 0.15) is 0 Å². The highest BCUT2D eigenvalue weighted by Crippen LogP contribution is 2.40. The highest BCUT2D eigenvalue weighted by atomic mass is 15.2. The lowest BCUT2D eigenvalue weighted by Crippen LogP contribution is -2.60. The van der Waals surface area contributed by atoms with E-state index in [0.29, 0.717) is 5.54 Å². The van der Waals surface area contributed by atoms with E-state index in [1.54, 1.807) is 0 Å². The third kappa shape index (κ3) is 2.29. The van der Waals surface area contributed by atoms with Crippen LogP contribution in [-0.4, -0.2) is 36.6 Å². The fourth-order valence-corrected chi connectivity index (χ4v) is 2.67. The maximum atomic E-state index is 3.72. The van der Waals surface area contributed by atoms with Gasteiger partial charge in [0.2, 0.25) is 0 Å². The van der Waals surface area contributed by atoms with E-state index in [4.69, 9.17) is 0 Å². The normalized spacial score (nSPS) is 34.7. The van der Waals surface area contributed by atoms with Gasteiger partial charge in [-0.3, -0.25) is 0 Å². The average Bonchev–Trinajstić information content (AvgIpc) is 2.98. The summed E-state index contributed by atoms with van der Waals surface area (Å²) in [6, 6.07) is 0. The fourth-order valence-electron chi connectivity index (χ4n) is 2.67. The van der Waals surface area contributed by atoms with Crippen molar-refractivity contribution >= 4 is 0 Å². The first kappa shape index (κ1) is 10.4. The Hall–Kier alpha value is -0.0800. The summed E-state index contributed by atoms with van der Waals surface area (Å²) in [6.07, 6.45) is 5.58. The highest BCUT2D eigenvalue weighted by molar-refractivity contribution is 5.01. The number of hydrogen-bond donors (Lipinski definition) is 1. The Bertz CT molecular complexity index is 189. The zero-order chi connectivity index (χ0) is 10.0. The molecule has 0 aromatic rings. The van der Waals surface area contributed by atoms with Gasteiger partial charge in [-0.25, -0.2) is 0 Å². The van der Waals surface area contributed by atoms with Gasteiger partial charge in [0.25, 0.3) is 0 Å². The first-order valence-corrected chi connectivity index (χ1v) is 6.22. The summed E-state index contributed by atoms with van der Waals surface area (Å²) in [5, 5.41) is 3.72. The van der Waals surface area contributed by atoms with Crippen LogP contribution in [0.2, 0.25) is 0 Å². The molecule has 2 heteroatoms. The Balaban J connectivity index is 1.83. The first-order valence-electron chi connectivity index (χ1n) is 6.22. The molecule has 1 aliphatic carbocycles. The van der Waals surface area contributed by atoms with Crippen LogP contribution in [0.3, 0.4) is 0 Å². The molecule has 82 valence electrons. The van der Waals surface area contributed by atoms with Crippen LogP contribution in [0.25, 0.3) is 0 Å². The van der Waals surface area contributed by atoms with Gasteiger partial charge in [-0.15, -0.1) is 0 Å². The zero-order valence-electron chi connectivity index (χ0n) is 9.68. The Morgan fingerprint density at radius 2 is 2.21 bits per heavy atom. The standard InChI is InChI=1S/C12H24N2/c1-3-4-8-14-9-7-13-12(2,10-14)11-5-6-11/h11,13H,3-10H2,1-2H3. The molecule has 0 radical (unpaired) electrons. The summed E-state index contributed by atoms with van der Waals surface area (Å²) < 4.78 is 0. The Morgan fingerprint density at radius 1 is 1.43 bits per heavy atom. The summed E-state index contributed by atoms with van der Waals surface area (Å²) in [4.78, 5) is 2.65. The molecule has 0 spiro atoms. The van der Waals surface area contributed by atoms with E-state index in [1.807, 2.05) is 0 Å². The van der Waals surface area contributed by atoms with Crippen LogP contribution in [0.5, 0.6) is 0 Å². The molecule has 2 rings (SSSR count). The molecule has 1 saturated heterocycles. The van der Waals surface area contributed by atoms with Gasteiger partial charge in [-0.2, -0.15) is 0 Å². The van der Waals surface area contributed by atoms with Crippen LogP contribution in [-0.2, 0) is 0 Å². The van der Waals surface area contributed by atoms with E-state index in [9.17, 15) is 0 Å². The van der Waals surface area contributed by atoms with Crippen LogP contribution in [0.15, 0.2) is 0 Å². The predicted molar refractivity (Wildman–Crippen MR) is 60.5 cm³/mol. The van der Waals surface area contributed by atoms with Crippen molar-refractivity contribution in [3.8, 4) is 0 Å². The van der Waals surface area contributed by atoms with E-state index in [1.165, 1.54) is 51.9 Å². The number of piperazine rings is 1. The van der Waals surface area contributed by atoms with Crippen LogP contribution in [0, 0.1) is 5.92 Å². The van der Waals surface area contributed by atoms with E-state index in [2.05, 4.69) is 24.1 Å². The van der Waals surface area contributed by atoms with Crippen LogP contribution in [0.4, 0.5) is 0 Å². The molecular formula is C12H24N2. The van der Waals surface area contributed by atoms with Crippen LogP contribution in [0.1, 0.15) is 39.5 Å². The summed E-state index contributed by atoms with van der Waals surface area (Å²) >= 11 is 0. The molecular weight excluding hydrogens is 172 g/mol. The third-order valence-corrected chi connectivity index (χ3v) is 3.82. The quantitative estimate of drug-likeness (QED) is 0.738. The van der Waals surface area contributed by atoms with Crippen molar-refractivity contribution in [2.45, 2.75) is 45.1 Å². The average molecular weight is 196 g/mol. The highest BCUT2D eigenvalue weighted by Gasteiger charge is 2.43. The monoisotopic (exact) mass is 196 g/mol. The summed E-state index contributed by atoms with van der Waals surface area (Å²) in [6.45, 7) is 9.72. The third-order valence-electron chi connectivity index (χ3n) is 3.82. The van der Waals surface area contributed by atoms with Crippen molar-refractivity contribution in [1.29, 1.82) is 0 Å². The van der Waals surface area contributed by atoms with Crippen molar-refractivity contribution in [3.63, 3.8) is 0 Å². The molecule has 14 heavy (non-hydrogen) atoms. The molecule has 1 aliphatic heterocycles. The van der Waals surface area contributed by atoms with Crippen molar-refractivity contribution < 1.29 is 0 Å². The van der Waals surface area contributed by atoms with Crippen molar-refractivity contribution in [1.82, 2.24) is 10.2 Å². The maximum absolute atomic E-state index is 3.72. The van der Waals surface area contributed by atoms with Crippen molar-refractivity contribution in [2.75, 3.05) is 26.2 Å². The number of nitrogens with one attached hydrogen (secondary N) is 1. The SMILES string of the molecule is CCCCN1CCNC(C)(C2CC2)C1. The lowest BCUT2D eigenvalue weighted by Gasteiger charge is -2.42. The smallest absolute Gasteiger partial charge is 0.0309 e. The first-order chi connectivity index (χ1) is 6.74. The molecule has 1 N–H and O–H groups in total. The molecule has 1 unspecified atom stereocenters. The number of nitrogens with zero attached hydrogens (tertiary/aromatic N) is 1. The van der Waals surface area contributed by atoms with E-state index < -0.39 is 0 Å². The molecule has 0 aromatic carbocycles. The summed E-state index contributed by atoms with van der Waals surface area (Å²) in [5.41, 5.74) is 0.436. The largest absolute Gasteiger partial charge is 0.309 e. The minimum Gasteiger partial charge on any atom is -0.309 e. The van der Waals surface area contributed by atoms with E-state index >= 15 is 0 Å². The van der Waals surface area contributed by atoms with Crippen molar-refractivity contribution in [3.05, 3.63) is 0 Å². The van der Waals surface area contributed by atoms with Gasteiger partial charge in [-0.05, 0) is 38.6 Å². The van der Waals surface area contributed by atoms with Gasteiger partial charge in [-0.1, -0.05) is 13.3 Å². The zero-order valence-corrected chi connectivity index (χ0v) is 9.68. The van der Waals surface area contributed by atoms with Gasteiger partial charge in [0.15, 0.2) is 0 Å². The fraction of sp³-hybridized carbons (Fsp3) is 1.00. The second kappa shape index (κ2) is 4.19. The van der Waals surface area contributed by atoms with Gasteiger partial charge < -0.3 is 10.2 Å². The molecule has 0 aromatic heterocycles. The molecule has 2 aliphatic rings. The molecule has 0 amide bonds. The topological polar surface area (TPSA) is 15.3 Å².